The van der Waals surface area contributed by atoms with Gasteiger partial charge in [0, 0.05) is 24.0 Å². The first-order valence-corrected chi connectivity index (χ1v) is 6.26. The second-order valence-corrected chi connectivity index (χ2v) is 4.57. The molecule has 0 unspecified atom stereocenters. The quantitative estimate of drug-likeness (QED) is 0.773. The van der Waals surface area contributed by atoms with Gasteiger partial charge in [-0.05, 0) is 29.3 Å². The van der Waals surface area contributed by atoms with Crippen LogP contribution in [0.2, 0.25) is 0 Å². The van der Waals surface area contributed by atoms with Crippen LogP contribution in [0.15, 0.2) is 36.5 Å². The molecule has 2 aromatic rings. The van der Waals surface area contributed by atoms with Gasteiger partial charge in [0.25, 0.3) is 5.91 Å². The van der Waals surface area contributed by atoms with E-state index in [9.17, 15) is 4.79 Å². The number of nitrogens with zero attached hydrogens (tertiary/aromatic N) is 1. The van der Waals surface area contributed by atoms with E-state index in [0.29, 0.717) is 5.69 Å². The van der Waals surface area contributed by atoms with Gasteiger partial charge in [-0.25, -0.2) is 4.98 Å². The van der Waals surface area contributed by atoms with E-state index >= 15 is 0 Å². The molecule has 0 atom stereocenters. The molecule has 0 saturated heterocycles. The number of benzene rings is 1. The largest absolute Gasteiger partial charge is 0.396 e. The van der Waals surface area contributed by atoms with Gasteiger partial charge in [0.1, 0.15) is 0 Å². The minimum Gasteiger partial charge on any atom is -0.396 e. The fourth-order valence-electron chi connectivity index (χ4n) is 2.31. The van der Waals surface area contributed by atoms with Gasteiger partial charge in [-0.1, -0.05) is 18.2 Å². The van der Waals surface area contributed by atoms with Crippen LogP contribution in [0.5, 0.6) is 0 Å². The third kappa shape index (κ3) is 1.99. The van der Waals surface area contributed by atoms with Gasteiger partial charge in [-0.15, -0.1) is 0 Å². The SMILES string of the molecule is NC(=O)c1nccc(-c2ccc3c(c2)C=CCN3)c1N. The van der Waals surface area contributed by atoms with Crippen LogP contribution >= 0.6 is 0 Å². The molecule has 100 valence electrons. The maximum absolute atomic E-state index is 11.3. The van der Waals surface area contributed by atoms with Crippen molar-refractivity contribution >= 4 is 23.4 Å². The number of nitrogens with two attached hydrogens (primary N) is 2. The van der Waals surface area contributed by atoms with E-state index in [2.05, 4.69) is 22.5 Å². The minimum absolute atomic E-state index is 0.105. The van der Waals surface area contributed by atoms with Gasteiger partial charge in [-0.3, -0.25) is 4.79 Å². The van der Waals surface area contributed by atoms with E-state index < -0.39 is 5.91 Å². The first-order chi connectivity index (χ1) is 9.66. The number of nitrogen functional groups attached to an aromatic ring is 1. The Morgan fingerprint density at radius 2 is 2.15 bits per heavy atom. The Morgan fingerprint density at radius 3 is 2.95 bits per heavy atom. The number of fused-ring (bicyclic) bond motifs is 1. The smallest absolute Gasteiger partial charge is 0.269 e. The summed E-state index contributed by atoms with van der Waals surface area (Å²) in [6.45, 7) is 0.829. The van der Waals surface area contributed by atoms with Crippen LogP contribution in [0.25, 0.3) is 17.2 Å². The van der Waals surface area contributed by atoms with Gasteiger partial charge < -0.3 is 16.8 Å². The summed E-state index contributed by atoms with van der Waals surface area (Å²) in [5, 5.41) is 3.28. The number of primary amides is 1. The Bertz CT molecular complexity index is 722. The predicted octanol–water partition coefficient (Wildman–Crippen LogP) is 1.87. The molecule has 0 radical (unpaired) electrons. The van der Waals surface area contributed by atoms with Crippen molar-refractivity contribution in [3.8, 4) is 11.1 Å². The molecule has 0 spiro atoms. The number of carbonyl (C=O) groups is 1. The van der Waals surface area contributed by atoms with Gasteiger partial charge in [-0.2, -0.15) is 0 Å². The summed E-state index contributed by atoms with van der Waals surface area (Å²) >= 11 is 0. The zero-order valence-corrected chi connectivity index (χ0v) is 10.8. The highest BCUT2D eigenvalue weighted by Crippen LogP contribution is 2.31. The van der Waals surface area contributed by atoms with Gasteiger partial charge in [0.05, 0.1) is 5.69 Å². The number of carbonyl (C=O) groups excluding carboxylic acids is 1. The molecule has 1 aromatic heterocycles. The number of hydrogen-bond donors (Lipinski definition) is 3. The second kappa shape index (κ2) is 4.70. The summed E-state index contributed by atoms with van der Waals surface area (Å²) in [5.41, 5.74) is 15.5. The predicted molar refractivity (Wildman–Crippen MR) is 80.1 cm³/mol. The second-order valence-electron chi connectivity index (χ2n) is 4.57. The number of nitrogens with one attached hydrogen (secondary N) is 1. The number of anilines is 2. The molecule has 1 aliphatic heterocycles. The van der Waals surface area contributed by atoms with E-state index in [0.717, 1.165) is 28.9 Å². The number of amides is 1. The summed E-state index contributed by atoms with van der Waals surface area (Å²) in [5.74, 6) is -0.621. The lowest BCUT2D eigenvalue weighted by Crippen LogP contribution is -2.16. The lowest BCUT2D eigenvalue weighted by Gasteiger charge is -2.15. The van der Waals surface area contributed by atoms with Crippen LogP contribution in [0.1, 0.15) is 16.1 Å². The molecule has 0 saturated carbocycles. The maximum atomic E-state index is 11.3. The zero-order chi connectivity index (χ0) is 14.1. The van der Waals surface area contributed by atoms with Crippen LogP contribution in [0.3, 0.4) is 0 Å². The van der Waals surface area contributed by atoms with E-state index in [1.165, 1.54) is 0 Å². The average molecular weight is 266 g/mol. The molecule has 5 heteroatoms. The Morgan fingerprint density at radius 1 is 1.30 bits per heavy atom. The lowest BCUT2D eigenvalue weighted by atomic mass is 9.99. The average Bonchev–Trinajstić information content (AvgIpc) is 2.46. The molecule has 1 amide bonds. The Kier molecular flexibility index (Phi) is 2.87. The monoisotopic (exact) mass is 266 g/mol. The van der Waals surface area contributed by atoms with Crippen LogP contribution in [-0.2, 0) is 0 Å². The van der Waals surface area contributed by atoms with E-state index in [4.69, 9.17) is 11.5 Å². The normalized spacial score (nSPS) is 12.6. The summed E-state index contributed by atoms with van der Waals surface area (Å²) in [6, 6.07) is 7.76. The molecule has 0 fully saturated rings. The topological polar surface area (TPSA) is 94.0 Å². The zero-order valence-electron chi connectivity index (χ0n) is 10.8. The number of pyridine rings is 1. The highest BCUT2D eigenvalue weighted by Gasteiger charge is 2.13. The van der Waals surface area contributed by atoms with Crippen LogP contribution in [0.4, 0.5) is 11.4 Å². The third-order valence-corrected chi connectivity index (χ3v) is 3.29. The van der Waals surface area contributed by atoms with Crippen molar-refractivity contribution in [1.82, 2.24) is 4.98 Å². The van der Waals surface area contributed by atoms with Crippen molar-refractivity contribution in [3.05, 3.63) is 47.8 Å². The molecular formula is C15H14N4O. The minimum atomic E-state index is -0.621. The standard InChI is InChI=1S/C15H14N4O/c16-13-11(5-7-19-14(13)15(17)20)9-3-4-12-10(8-9)2-1-6-18-12/h1-5,7-8,18H,6,16H2,(H2,17,20). The highest BCUT2D eigenvalue weighted by molar-refractivity contribution is 5.99. The molecule has 0 aliphatic carbocycles. The van der Waals surface area contributed by atoms with Crippen LogP contribution < -0.4 is 16.8 Å². The summed E-state index contributed by atoms with van der Waals surface area (Å²) in [6.07, 6.45) is 5.65. The number of rotatable bonds is 2. The molecule has 2 heterocycles. The molecular weight excluding hydrogens is 252 g/mol. The molecule has 1 aromatic carbocycles. The van der Waals surface area contributed by atoms with Crippen molar-refractivity contribution in [2.45, 2.75) is 0 Å². The Labute approximate surface area is 116 Å². The van der Waals surface area contributed by atoms with Gasteiger partial charge in [0.2, 0.25) is 0 Å². The van der Waals surface area contributed by atoms with E-state index in [-0.39, 0.29) is 5.69 Å². The fraction of sp³-hybridized carbons (Fsp3) is 0.0667. The molecule has 0 bridgehead atoms. The van der Waals surface area contributed by atoms with Crippen molar-refractivity contribution in [2.75, 3.05) is 17.6 Å². The highest BCUT2D eigenvalue weighted by atomic mass is 16.1. The third-order valence-electron chi connectivity index (χ3n) is 3.29. The van der Waals surface area contributed by atoms with Crippen molar-refractivity contribution < 1.29 is 4.79 Å². The first-order valence-electron chi connectivity index (χ1n) is 6.26. The van der Waals surface area contributed by atoms with E-state index in [1.54, 1.807) is 12.3 Å². The Hall–Kier alpha value is -2.82. The number of hydrogen-bond acceptors (Lipinski definition) is 4. The van der Waals surface area contributed by atoms with Crippen molar-refractivity contribution in [3.63, 3.8) is 0 Å². The molecule has 3 rings (SSSR count). The lowest BCUT2D eigenvalue weighted by molar-refractivity contribution is 0.0996. The fourth-order valence-corrected chi connectivity index (χ4v) is 2.31. The maximum Gasteiger partial charge on any atom is 0.269 e. The van der Waals surface area contributed by atoms with Gasteiger partial charge in [0.15, 0.2) is 5.69 Å². The first kappa shape index (κ1) is 12.2. The Balaban J connectivity index is 2.13. The van der Waals surface area contributed by atoms with Crippen molar-refractivity contribution in [1.29, 1.82) is 0 Å². The van der Waals surface area contributed by atoms with E-state index in [1.807, 2.05) is 18.2 Å². The number of aromatic nitrogens is 1. The van der Waals surface area contributed by atoms with Crippen LogP contribution in [-0.4, -0.2) is 17.4 Å². The van der Waals surface area contributed by atoms with Gasteiger partial charge >= 0.3 is 0 Å². The molecule has 5 N–H and O–H groups in total. The summed E-state index contributed by atoms with van der Waals surface area (Å²) in [4.78, 5) is 15.2. The molecule has 5 nitrogen and oxygen atoms in total. The summed E-state index contributed by atoms with van der Waals surface area (Å²) in [7, 11) is 0. The van der Waals surface area contributed by atoms with Crippen molar-refractivity contribution in [2.24, 2.45) is 5.73 Å². The molecule has 1 aliphatic rings. The summed E-state index contributed by atoms with van der Waals surface area (Å²) < 4.78 is 0. The molecule has 20 heavy (non-hydrogen) atoms. The van der Waals surface area contributed by atoms with Crippen LogP contribution in [0, 0.1) is 0 Å².